The summed E-state index contributed by atoms with van der Waals surface area (Å²) in [4.78, 5) is 13.7. The minimum atomic E-state index is -0.452. The number of hydrogen-bond donors (Lipinski definition) is 2. The van der Waals surface area contributed by atoms with E-state index in [9.17, 15) is 4.79 Å². The quantitative estimate of drug-likeness (QED) is 0.816. The molecule has 0 spiro atoms. The van der Waals surface area contributed by atoms with E-state index in [4.69, 9.17) is 10.5 Å². The zero-order valence-electron chi connectivity index (χ0n) is 12.3. The van der Waals surface area contributed by atoms with Crippen molar-refractivity contribution in [3.63, 3.8) is 0 Å². The van der Waals surface area contributed by atoms with Gasteiger partial charge in [0.25, 0.3) is 0 Å². The fourth-order valence-corrected chi connectivity index (χ4v) is 2.22. The van der Waals surface area contributed by atoms with E-state index in [1.54, 1.807) is 4.90 Å². The second kappa shape index (κ2) is 5.61. The van der Waals surface area contributed by atoms with Gasteiger partial charge in [-0.3, -0.25) is 0 Å². The van der Waals surface area contributed by atoms with Crippen molar-refractivity contribution in [1.82, 2.24) is 4.90 Å². The van der Waals surface area contributed by atoms with E-state index >= 15 is 0 Å². The van der Waals surface area contributed by atoms with Crippen LogP contribution in [0, 0.1) is 0 Å². The molecule has 5 heteroatoms. The van der Waals surface area contributed by atoms with Gasteiger partial charge in [-0.2, -0.15) is 0 Å². The number of carbonyl (C=O) groups excluding carboxylic acids is 1. The molecule has 110 valence electrons. The van der Waals surface area contributed by atoms with E-state index in [0.717, 1.165) is 17.8 Å². The highest BCUT2D eigenvalue weighted by Gasteiger charge is 2.29. The van der Waals surface area contributed by atoms with Gasteiger partial charge in [-0.1, -0.05) is 12.1 Å². The average Bonchev–Trinajstić information content (AvgIpc) is 2.79. The van der Waals surface area contributed by atoms with Crippen molar-refractivity contribution in [2.75, 3.05) is 24.1 Å². The van der Waals surface area contributed by atoms with Gasteiger partial charge in [0.2, 0.25) is 0 Å². The van der Waals surface area contributed by atoms with Crippen LogP contribution in [-0.2, 0) is 4.74 Å². The summed E-state index contributed by atoms with van der Waals surface area (Å²) in [5.74, 6) is 0. The lowest BCUT2D eigenvalue weighted by Gasteiger charge is -2.24. The van der Waals surface area contributed by atoms with Crippen LogP contribution in [0.2, 0.25) is 0 Å². The number of nitrogens with one attached hydrogen (secondary N) is 1. The highest BCUT2D eigenvalue weighted by atomic mass is 16.6. The zero-order valence-corrected chi connectivity index (χ0v) is 12.3. The molecule has 1 amide bonds. The fourth-order valence-electron chi connectivity index (χ4n) is 2.22. The molecule has 20 heavy (non-hydrogen) atoms. The average molecular weight is 277 g/mol. The Kier molecular flexibility index (Phi) is 4.06. The molecule has 1 fully saturated rings. The van der Waals surface area contributed by atoms with Crippen molar-refractivity contribution in [1.29, 1.82) is 0 Å². The summed E-state index contributed by atoms with van der Waals surface area (Å²) >= 11 is 0. The van der Waals surface area contributed by atoms with Crippen molar-refractivity contribution in [2.24, 2.45) is 0 Å². The van der Waals surface area contributed by atoms with Crippen LogP contribution < -0.4 is 11.1 Å². The first-order valence-electron chi connectivity index (χ1n) is 6.94. The van der Waals surface area contributed by atoms with Gasteiger partial charge in [-0.15, -0.1) is 0 Å². The van der Waals surface area contributed by atoms with Gasteiger partial charge >= 0.3 is 6.09 Å². The number of nitrogen functional groups attached to an aromatic ring is 1. The Labute approximate surface area is 120 Å². The van der Waals surface area contributed by atoms with E-state index in [-0.39, 0.29) is 12.1 Å². The van der Waals surface area contributed by atoms with Gasteiger partial charge < -0.3 is 20.7 Å². The maximum atomic E-state index is 12.0. The Bertz CT molecular complexity index is 482. The van der Waals surface area contributed by atoms with Crippen LogP contribution >= 0.6 is 0 Å². The molecule has 1 aromatic rings. The third-order valence-electron chi connectivity index (χ3n) is 3.16. The molecule has 0 radical (unpaired) electrons. The maximum absolute atomic E-state index is 12.0. The van der Waals surface area contributed by atoms with E-state index in [1.165, 1.54) is 0 Å². The van der Waals surface area contributed by atoms with Crippen molar-refractivity contribution in [2.45, 2.75) is 38.8 Å². The Morgan fingerprint density at radius 3 is 2.75 bits per heavy atom. The lowest BCUT2D eigenvalue weighted by Crippen LogP contribution is -2.36. The van der Waals surface area contributed by atoms with Crippen LogP contribution in [0.15, 0.2) is 24.3 Å². The standard InChI is InChI=1S/C15H23N3O2/c1-15(2,3)20-14(19)18-9-8-11(10-18)17-13-7-5-4-6-12(13)16/h4-7,11,17H,8-10,16H2,1-3H3. The molecule has 0 bridgehead atoms. The second-order valence-electron chi connectivity index (χ2n) is 6.14. The first-order valence-corrected chi connectivity index (χ1v) is 6.94. The number of amides is 1. The van der Waals surface area contributed by atoms with Crippen molar-refractivity contribution in [3.05, 3.63) is 24.3 Å². The molecule has 2 rings (SSSR count). The molecule has 1 atom stereocenters. The lowest BCUT2D eigenvalue weighted by molar-refractivity contribution is 0.0293. The number of benzene rings is 1. The van der Waals surface area contributed by atoms with Gasteiger partial charge in [0.1, 0.15) is 5.60 Å². The third-order valence-corrected chi connectivity index (χ3v) is 3.16. The number of nitrogens with zero attached hydrogens (tertiary/aromatic N) is 1. The second-order valence-corrected chi connectivity index (χ2v) is 6.14. The molecule has 1 unspecified atom stereocenters. The molecule has 5 nitrogen and oxygen atoms in total. The fraction of sp³-hybridized carbons (Fsp3) is 0.533. The van der Waals surface area contributed by atoms with Gasteiger partial charge in [-0.05, 0) is 39.3 Å². The molecule has 1 aromatic carbocycles. The molecular formula is C15H23N3O2. The first-order chi connectivity index (χ1) is 9.35. The summed E-state index contributed by atoms with van der Waals surface area (Å²) in [7, 11) is 0. The molecule has 0 saturated carbocycles. The number of rotatable bonds is 2. The Hall–Kier alpha value is -1.91. The number of carbonyl (C=O) groups is 1. The molecule has 1 aliphatic heterocycles. The van der Waals surface area contributed by atoms with Crippen LogP contribution in [0.25, 0.3) is 0 Å². The Morgan fingerprint density at radius 2 is 2.10 bits per heavy atom. The van der Waals surface area contributed by atoms with Gasteiger partial charge in [-0.25, -0.2) is 4.79 Å². The number of nitrogens with two attached hydrogens (primary N) is 1. The number of ether oxygens (including phenoxy) is 1. The minimum Gasteiger partial charge on any atom is -0.444 e. The molecular weight excluding hydrogens is 254 g/mol. The monoisotopic (exact) mass is 277 g/mol. The van der Waals surface area contributed by atoms with E-state index in [1.807, 2.05) is 45.0 Å². The Balaban J connectivity index is 1.90. The largest absolute Gasteiger partial charge is 0.444 e. The van der Waals surface area contributed by atoms with Crippen molar-refractivity contribution in [3.8, 4) is 0 Å². The highest BCUT2D eigenvalue weighted by Crippen LogP contribution is 2.22. The summed E-state index contributed by atoms with van der Waals surface area (Å²) in [5, 5.41) is 3.38. The van der Waals surface area contributed by atoms with E-state index in [0.29, 0.717) is 13.1 Å². The van der Waals surface area contributed by atoms with Crippen molar-refractivity contribution >= 4 is 17.5 Å². The van der Waals surface area contributed by atoms with Crippen LogP contribution in [0.4, 0.5) is 16.2 Å². The Morgan fingerprint density at radius 1 is 1.40 bits per heavy atom. The van der Waals surface area contributed by atoms with Gasteiger partial charge in [0, 0.05) is 19.1 Å². The first kappa shape index (κ1) is 14.5. The normalized spacial score (nSPS) is 18.9. The third kappa shape index (κ3) is 3.79. The minimum absolute atomic E-state index is 0.215. The number of hydrogen-bond acceptors (Lipinski definition) is 4. The molecule has 3 N–H and O–H groups in total. The summed E-state index contributed by atoms with van der Waals surface area (Å²) < 4.78 is 5.38. The van der Waals surface area contributed by atoms with Gasteiger partial charge in [0.15, 0.2) is 0 Å². The SMILES string of the molecule is CC(C)(C)OC(=O)N1CCC(Nc2ccccc2N)C1. The summed E-state index contributed by atoms with van der Waals surface area (Å²) in [6.07, 6.45) is 0.649. The van der Waals surface area contributed by atoms with Crippen molar-refractivity contribution < 1.29 is 9.53 Å². The summed E-state index contributed by atoms with van der Waals surface area (Å²) in [5.41, 5.74) is 7.10. The van der Waals surface area contributed by atoms with E-state index < -0.39 is 5.60 Å². The summed E-state index contributed by atoms with van der Waals surface area (Å²) in [6.45, 7) is 6.98. The topological polar surface area (TPSA) is 67.6 Å². The van der Waals surface area contributed by atoms with Crippen LogP contribution in [-0.4, -0.2) is 35.7 Å². The summed E-state index contributed by atoms with van der Waals surface area (Å²) in [6, 6.07) is 7.88. The van der Waals surface area contributed by atoms with Crippen LogP contribution in [0.3, 0.4) is 0 Å². The highest BCUT2D eigenvalue weighted by molar-refractivity contribution is 5.69. The van der Waals surface area contributed by atoms with E-state index in [2.05, 4.69) is 5.32 Å². The smallest absolute Gasteiger partial charge is 0.410 e. The van der Waals surface area contributed by atoms with Gasteiger partial charge in [0.05, 0.1) is 11.4 Å². The maximum Gasteiger partial charge on any atom is 0.410 e. The number of likely N-dealkylation sites (tertiary alicyclic amines) is 1. The van der Waals surface area contributed by atoms with Crippen LogP contribution in [0.1, 0.15) is 27.2 Å². The number of para-hydroxylation sites is 2. The molecule has 1 aliphatic rings. The molecule has 1 heterocycles. The molecule has 0 aliphatic carbocycles. The molecule has 0 aromatic heterocycles. The number of anilines is 2. The predicted octanol–water partition coefficient (Wildman–Crippen LogP) is 2.69. The molecule has 1 saturated heterocycles. The zero-order chi connectivity index (χ0) is 14.8. The van der Waals surface area contributed by atoms with Crippen LogP contribution in [0.5, 0.6) is 0 Å². The lowest BCUT2D eigenvalue weighted by atomic mass is 10.2. The predicted molar refractivity (Wildman–Crippen MR) is 80.7 cm³/mol.